The molecule has 1 aliphatic rings. The molecular weight excluding hydrogens is 518 g/mol. The largest absolute Gasteiger partial charge is 0.492 e. The van der Waals surface area contributed by atoms with Crippen molar-refractivity contribution in [1.82, 2.24) is 15.1 Å². The van der Waals surface area contributed by atoms with Crippen LogP contribution in [-0.2, 0) is 4.74 Å². The number of anilines is 1. The molecule has 4 N–H and O–H groups in total. The molecule has 0 radical (unpaired) electrons. The Hall–Kier alpha value is -3.31. The second-order valence-corrected chi connectivity index (χ2v) is 11.5. The molecule has 0 saturated carbocycles. The van der Waals surface area contributed by atoms with Gasteiger partial charge in [0.2, 0.25) is 0 Å². The van der Waals surface area contributed by atoms with Gasteiger partial charge in [-0.25, -0.2) is 9.59 Å². The molecule has 0 aliphatic carbocycles. The molecule has 214 valence electrons. The highest BCUT2D eigenvalue weighted by atomic mass is 32.1. The highest BCUT2D eigenvalue weighted by Crippen LogP contribution is 2.36. The molecule has 4 amide bonds. The molecule has 1 aliphatic heterocycles. The Labute approximate surface area is 234 Å². The number of nitrogens with zero attached hydrogens (tertiary/aromatic N) is 2. The van der Waals surface area contributed by atoms with Crippen LogP contribution in [0.4, 0.5) is 14.6 Å². The summed E-state index contributed by atoms with van der Waals surface area (Å²) in [7, 11) is 0. The molecule has 1 atom stereocenters. The number of thiophene rings is 1. The summed E-state index contributed by atoms with van der Waals surface area (Å²) in [6.07, 6.45) is 1.08. The zero-order chi connectivity index (χ0) is 28.6. The van der Waals surface area contributed by atoms with Gasteiger partial charge in [-0.15, -0.1) is 11.3 Å². The third kappa shape index (κ3) is 9.14. The quantitative estimate of drug-likeness (QED) is 0.386. The number of amides is 4. The Morgan fingerprint density at radius 1 is 1.15 bits per heavy atom. The molecule has 0 bridgehead atoms. The zero-order valence-electron chi connectivity index (χ0n) is 23.5. The summed E-state index contributed by atoms with van der Waals surface area (Å²) >= 11 is 1.27. The molecule has 1 aromatic carbocycles. The summed E-state index contributed by atoms with van der Waals surface area (Å²) in [5.74, 6) is 0.427. The lowest BCUT2D eigenvalue weighted by Gasteiger charge is -2.34. The van der Waals surface area contributed by atoms with Gasteiger partial charge in [0.25, 0.3) is 5.91 Å². The lowest BCUT2D eigenvalue weighted by molar-refractivity contribution is 0.0185. The van der Waals surface area contributed by atoms with Gasteiger partial charge >= 0.3 is 12.1 Å². The van der Waals surface area contributed by atoms with E-state index in [2.05, 4.69) is 29.4 Å². The van der Waals surface area contributed by atoms with Gasteiger partial charge in [0, 0.05) is 30.6 Å². The van der Waals surface area contributed by atoms with Crippen molar-refractivity contribution < 1.29 is 23.9 Å². The fourth-order valence-corrected chi connectivity index (χ4v) is 5.37. The van der Waals surface area contributed by atoms with Crippen LogP contribution >= 0.6 is 11.3 Å². The Kier molecular flexibility index (Phi) is 10.6. The number of benzene rings is 1. The van der Waals surface area contributed by atoms with Crippen LogP contribution in [-0.4, -0.2) is 78.8 Å². The number of hydrogen-bond acceptors (Lipinski definition) is 7. The number of primary amides is 1. The van der Waals surface area contributed by atoms with Crippen LogP contribution in [0.15, 0.2) is 30.3 Å². The smallest absolute Gasteiger partial charge is 0.410 e. The van der Waals surface area contributed by atoms with Crippen LogP contribution in [0.25, 0.3) is 10.4 Å². The van der Waals surface area contributed by atoms with Crippen LogP contribution < -0.4 is 21.1 Å². The Morgan fingerprint density at radius 2 is 1.85 bits per heavy atom. The molecule has 39 heavy (non-hydrogen) atoms. The number of hydrogen-bond donors (Lipinski definition) is 3. The zero-order valence-corrected chi connectivity index (χ0v) is 24.4. The standard InChI is InChI=1S/C28H41N5O5S/c1-6-32(7-2)15-16-37-21-12-10-19(11-13-21)23-17-22(25(39-23)31-26(29)35)24(34)30-20-9-8-14-33(18-20)27(36)38-28(3,4)5/h10-13,17,20H,6-9,14-16,18H2,1-5H3,(H,30,34)(H3,29,31,35). The highest BCUT2D eigenvalue weighted by molar-refractivity contribution is 7.20. The fraction of sp³-hybridized carbons (Fsp3) is 0.536. The van der Waals surface area contributed by atoms with E-state index in [9.17, 15) is 14.4 Å². The average Bonchev–Trinajstić information content (AvgIpc) is 3.29. The normalized spacial score (nSPS) is 15.6. The maximum absolute atomic E-state index is 13.3. The summed E-state index contributed by atoms with van der Waals surface area (Å²) < 4.78 is 11.4. The molecule has 1 aromatic heterocycles. The van der Waals surface area contributed by atoms with Crippen molar-refractivity contribution in [3.63, 3.8) is 0 Å². The van der Waals surface area contributed by atoms with Gasteiger partial charge in [0.05, 0.1) is 5.56 Å². The number of nitrogens with two attached hydrogens (primary N) is 1. The molecular formula is C28H41N5O5S. The van der Waals surface area contributed by atoms with Gasteiger partial charge in [0.15, 0.2) is 0 Å². The van der Waals surface area contributed by atoms with E-state index in [0.717, 1.165) is 48.7 Å². The van der Waals surface area contributed by atoms with Crippen molar-refractivity contribution in [2.24, 2.45) is 5.73 Å². The first kappa shape index (κ1) is 30.2. The van der Waals surface area contributed by atoms with Crippen molar-refractivity contribution in [2.45, 2.75) is 59.1 Å². The first-order chi connectivity index (χ1) is 18.5. The number of likely N-dealkylation sites (N-methyl/N-ethyl adjacent to an activating group) is 1. The number of carbonyl (C=O) groups excluding carboxylic acids is 3. The maximum atomic E-state index is 13.3. The van der Waals surface area contributed by atoms with E-state index >= 15 is 0 Å². The minimum Gasteiger partial charge on any atom is -0.492 e. The van der Waals surface area contributed by atoms with E-state index in [1.54, 1.807) is 11.0 Å². The number of carbonyl (C=O) groups is 3. The minimum absolute atomic E-state index is 0.240. The third-order valence-electron chi connectivity index (χ3n) is 6.33. The third-order valence-corrected chi connectivity index (χ3v) is 7.43. The Balaban J connectivity index is 1.69. The van der Waals surface area contributed by atoms with Gasteiger partial charge in [-0.2, -0.15) is 0 Å². The van der Waals surface area contributed by atoms with E-state index in [-0.39, 0.29) is 11.9 Å². The number of likely N-dealkylation sites (tertiary alicyclic amines) is 1. The van der Waals surface area contributed by atoms with Crippen molar-refractivity contribution in [3.8, 4) is 16.2 Å². The second kappa shape index (κ2) is 13.7. The molecule has 0 spiro atoms. The molecule has 2 heterocycles. The molecule has 1 fully saturated rings. The SMILES string of the molecule is CCN(CC)CCOc1ccc(-c2cc(C(=O)NC3CCCN(C(=O)OC(C)(C)C)C3)c(NC(N)=O)s2)cc1. The predicted octanol–water partition coefficient (Wildman–Crippen LogP) is 4.76. The number of piperidine rings is 1. The fourth-order valence-electron chi connectivity index (χ4n) is 4.30. The Bertz CT molecular complexity index is 1120. The summed E-state index contributed by atoms with van der Waals surface area (Å²) in [6, 6.07) is 8.40. The van der Waals surface area contributed by atoms with Gasteiger partial charge in [-0.05, 0) is 82.6 Å². The molecule has 11 heteroatoms. The predicted molar refractivity (Wildman–Crippen MR) is 155 cm³/mol. The van der Waals surface area contributed by atoms with Gasteiger partial charge in [0.1, 0.15) is 23.0 Å². The number of urea groups is 1. The first-order valence-electron chi connectivity index (χ1n) is 13.4. The summed E-state index contributed by atoms with van der Waals surface area (Å²) in [6.45, 7) is 14.1. The minimum atomic E-state index is -0.747. The van der Waals surface area contributed by atoms with Crippen LogP contribution in [0.2, 0.25) is 0 Å². The van der Waals surface area contributed by atoms with E-state index < -0.39 is 17.7 Å². The van der Waals surface area contributed by atoms with E-state index in [0.29, 0.717) is 30.3 Å². The van der Waals surface area contributed by atoms with Gasteiger partial charge in [-0.1, -0.05) is 13.8 Å². The van der Waals surface area contributed by atoms with E-state index in [4.69, 9.17) is 15.2 Å². The number of rotatable bonds is 10. The molecule has 10 nitrogen and oxygen atoms in total. The summed E-state index contributed by atoms with van der Waals surface area (Å²) in [4.78, 5) is 42.2. The van der Waals surface area contributed by atoms with Crippen LogP contribution in [0.5, 0.6) is 5.75 Å². The molecule has 3 rings (SSSR count). The maximum Gasteiger partial charge on any atom is 0.410 e. The number of nitrogens with one attached hydrogen (secondary N) is 2. The summed E-state index contributed by atoms with van der Waals surface area (Å²) in [5.41, 5.74) is 6.00. The topological polar surface area (TPSA) is 126 Å². The molecule has 1 unspecified atom stereocenters. The van der Waals surface area contributed by atoms with Crippen LogP contribution in [0.1, 0.15) is 57.8 Å². The van der Waals surface area contributed by atoms with Crippen LogP contribution in [0, 0.1) is 0 Å². The van der Waals surface area contributed by atoms with Crippen molar-refractivity contribution >= 4 is 34.4 Å². The van der Waals surface area contributed by atoms with E-state index in [1.807, 2.05) is 45.0 Å². The lowest BCUT2D eigenvalue weighted by atomic mass is 10.1. The monoisotopic (exact) mass is 559 g/mol. The lowest BCUT2D eigenvalue weighted by Crippen LogP contribution is -2.50. The second-order valence-electron chi connectivity index (χ2n) is 10.5. The van der Waals surface area contributed by atoms with Crippen molar-refractivity contribution in [1.29, 1.82) is 0 Å². The van der Waals surface area contributed by atoms with Gasteiger partial charge in [-0.3, -0.25) is 10.1 Å². The average molecular weight is 560 g/mol. The first-order valence-corrected chi connectivity index (χ1v) is 14.2. The molecule has 2 aromatic rings. The number of ether oxygens (including phenoxy) is 2. The molecule has 1 saturated heterocycles. The van der Waals surface area contributed by atoms with Crippen molar-refractivity contribution in [3.05, 3.63) is 35.9 Å². The Morgan fingerprint density at radius 3 is 2.46 bits per heavy atom. The summed E-state index contributed by atoms with van der Waals surface area (Å²) in [5, 5.41) is 5.96. The van der Waals surface area contributed by atoms with E-state index in [1.165, 1.54) is 11.3 Å². The van der Waals surface area contributed by atoms with Crippen LogP contribution in [0.3, 0.4) is 0 Å². The highest BCUT2D eigenvalue weighted by Gasteiger charge is 2.29. The van der Waals surface area contributed by atoms with Crippen molar-refractivity contribution in [2.75, 3.05) is 44.6 Å². The van der Waals surface area contributed by atoms with Gasteiger partial charge < -0.3 is 30.3 Å².